The molecule has 0 fully saturated rings. The summed E-state index contributed by atoms with van der Waals surface area (Å²) in [6, 6.07) is 14.0. The number of aryl methyl sites for hydroxylation is 1. The first-order valence-corrected chi connectivity index (χ1v) is 12.0. The van der Waals surface area contributed by atoms with Crippen molar-refractivity contribution in [2.45, 2.75) is 24.3 Å². The van der Waals surface area contributed by atoms with Crippen LogP contribution in [0.3, 0.4) is 0 Å². The van der Waals surface area contributed by atoms with E-state index in [0.717, 1.165) is 22.5 Å². The van der Waals surface area contributed by atoms with E-state index in [0.29, 0.717) is 0 Å². The average Bonchev–Trinajstić information content (AvgIpc) is 3.17. The number of hydrogen-bond acceptors (Lipinski definition) is 4. The van der Waals surface area contributed by atoms with E-state index in [9.17, 15) is 17.2 Å². The Bertz CT molecular complexity index is 1560. The molecule has 1 atom stereocenters. The molecule has 1 aliphatic rings. The van der Waals surface area contributed by atoms with E-state index in [-0.39, 0.29) is 34.2 Å². The standard InChI is InChI=1S/C24H21F2N5O2S/c1-14(17-5-3-4-6-18(17)25)22-19(26)8-10-21-23(22)29-24(30-34(21,32)33)27-12-15-7-9-20-16(11-15)13-28-31(20)2/h3-11,13-14H,12H2,1-2H3,(H2,27,29,30)/t14-/m1/s1. The van der Waals surface area contributed by atoms with Crippen LogP contribution < -0.4 is 10.0 Å². The Labute approximate surface area is 195 Å². The Balaban J connectivity index is 1.53. The molecule has 4 aromatic rings. The van der Waals surface area contributed by atoms with E-state index in [1.807, 2.05) is 25.2 Å². The molecule has 0 saturated heterocycles. The Kier molecular flexibility index (Phi) is 5.32. The highest BCUT2D eigenvalue weighted by molar-refractivity contribution is 7.90. The van der Waals surface area contributed by atoms with E-state index >= 15 is 0 Å². The molecular weight excluding hydrogens is 460 g/mol. The summed E-state index contributed by atoms with van der Waals surface area (Å²) in [6.07, 6.45) is 1.74. The first kappa shape index (κ1) is 22.0. The number of sulfonamides is 1. The predicted molar refractivity (Wildman–Crippen MR) is 126 cm³/mol. The van der Waals surface area contributed by atoms with Crippen molar-refractivity contribution in [2.75, 3.05) is 5.32 Å². The molecule has 7 nitrogen and oxygen atoms in total. The van der Waals surface area contributed by atoms with Crippen LogP contribution in [0, 0.1) is 11.6 Å². The fourth-order valence-corrected chi connectivity index (χ4v) is 5.37. The molecule has 0 aliphatic carbocycles. The molecule has 0 bridgehead atoms. The molecule has 3 aromatic carbocycles. The van der Waals surface area contributed by atoms with Crippen molar-refractivity contribution in [2.24, 2.45) is 12.0 Å². The Morgan fingerprint density at radius 1 is 1.09 bits per heavy atom. The number of hydrogen-bond donors (Lipinski definition) is 2. The van der Waals surface area contributed by atoms with E-state index < -0.39 is 27.6 Å². The summed E-state index contributed by atoms with van der Waals surface area (Å²) in [6.45, 7) is 1.81. The second-order valence-corrected chi connectivity index (χ2v) is 9.78. The second-order valence-electron chi connectivity index (χ2n) is 8.13. The van der Waals surface area contributed by atoms with Gasteiger partial charge in [0.1, 0.15) is 16.5 Å². The van der Waals surface area contributed by atoms with E-state index in [4.69, 9.17) is 0 Å². The molecule has 0 spiro atoms. The molecule has 0 radical (unpaired) electrons. The molecule has 34 heavy (non-hydrogen) atoms. The minimum absolute atomic E-state index is 0.0358. The minimum Gasteiger partial charge on any atom is -0.324 e. The van der Waals surface area contributed by atoms with Gasteiger partial charge in [-0.25, -0.2) is 26.9 Å². The third kappa shape index (κ3) is 3.79. The van der Waals surface area contributed by atoms with Gasteiger partial charge in [0.05, 0.1) is 23.9 Å². The number of rotatable bonds is 4. The van der Waals surface area contributed by atoms with Crippen LogP contribution >= 0.6 is 0 Å². The van der Waals surface area contributed by atoms with Crippen LogP contribution in [0.5, 0.6) is 0 Å². The Morgan fingerprint density at radius 3 is 2.68 bits per heavy atom. The lowest BCUT2D eigenvalue weighted by Gasteiger charge is -2.26. The normalized spacial score (nSPS) is 16.6. The molecule has 10 heteroatoms. The van der Waals surface area contributed by atoms with Gasteiger partial charge < -0.3 is 5.32 Å². The first-order valence-electron chi connectivity index (χ1n) is 10.6. The van der Waals surface area contributed by atoms with Gasteiger partial charge in [0.15, 0.2) is 0 Å². The van der Waals surface area contributed by atoms with Gasteiger partial charge >= 0.3 is 0 Å². The van der Waals surface area contributed by atoms with Crippen LogP contribution in [0.1, 0.15) is 29.5 Å². The highest BCUT2D eigenvalue weighted by Gasteiger charge is 2.32. The number of benzene rings is 3. The average molecular weight is 482 g/mol. The van der Waals surface area contributed by atoms with Gasteiger partial charge in [0.25, 0.3) is 10.0 Å². The fraction of sp³-hybridized carbons (Fsp3) is 0.167. The first-order chi connectivity index (χ1) is 16.2. The maximum Gasteiger partial charge on any atom is 0.266 e. The van der Waals surface area contributed by atoms with Crippen LogP contribution in [-0.2, 0) is 23.6 Å². The van der Waals surface area contributed by atoms with Crippen LogP contribution in [0.25, 0.3) is 10.9 Å². The lowest BCUT2D eigenvalue weighted by Crippen LogP contribution is -2.41. The third-order valence-corrected chi connectivity index (χ3v) is 7.33. The lowest BCUT2D eigenvalue weighted by atomic mass is 9.91. The molecule has 2 N–H and O–H groups in total. The van der Waals surface area contributed by atoms with Crippen LogP contribution in [-0.4, -0.2) is 24.2 Å². The zero-order valence-electron chi connectivity index (χ0n) is 18.4. The molecule has 1 aliphatic heterocycles. The lowest BCUT2D eigenvalue weighted by molar-refractivity contribution is 0.577. The smallest absolute Gasteiger partial charge is 0.266 e. The zero-order valence-corrected chi connectivity index (χ0v) is 19.2. The number of aromatic nitrogens is 2. The second kappa shape index (κ2) is 8.21. The van der Waals surface area contributed by atoms with Gasteiger partial charge in [-0.3, -0.25) is 4.68 Å². The summed E-state index contributed by atoms with van der Waals surface area (Å²) < 4.78 is 59.4. The summed E-state index contributed by atoms with van der Waals surface area (Å²) in [7, 11) is -2.16. The van der Waals surface area contributed by atoms with Gasteiger partial charge in [0, 0.05) is 23.9 Å². The van der Waals surface area contributed by atoms with Crippen LogP contribution in [0.15, 0.2) is 70.7 Å². The predicted octanol–water partition coefficient (Wildman–Crippen LogP) is 4.26. The molecule has 0 saturated carbocycles. The third-order valence-electron chi connectivity index (χ3n) is 5.95. The molecule has 1 aromatic heterocycles. The van der Waals surface area contributed by atoms with Crippen molar-refractivity contribution in [3.63, 3.8) is 0 Å². The quantitative estimate of drug-likeness (QED) is 0.456. The van der Waals surface area contributed by atoms with Gasteiger partial charge in [-0.2, -0.15) is 5.10 Å². The van der Waals surface area contributed by atoms with E-state index in [1.165, 1.54) is 12.1 Å². The number of fused-ring (bicyclic) bond motifs is 2. The van der Waals surface area contributed by atoms with Crippen molar-refractivity contribution in [1.82, 2.24) is 14.5 Å². The Hall–Kier alpha value is -3.79. The number of nitrogens with one attached hydrogen (secondary N) is 2. The summed E-state index contributed by atoms with van der Waals surface area (Å²) in [5.74, 6) is -1.92. The van der Waals surface area contributed by atoms with Crippen molar-refractivity contribution in [1.29, 1.82) is 0 Å². The minimum atomic E-state index is -4.01. The molecule has 0 amide bonds. The summed E-state index contributed by atoms with van der Waals surface area (Å²) in [5.41, 5.74) is 2.17. The summed E-state index contributed by atoms with van der Waals surface area (Å²) in [4.78, 5) is 4.25. The fourth-order valence-electron chi connectivity index (χ4n) is 4.21. The van der Waals surface area contributed by atoms with Gasteiger partial charge in [0.2, 0.25) is 5.96 Å². The number of aliphatic imine (C=N–C) groups is 1. The molecule has 174 valence electrons. The monoisotopic (exact) mass is 481 g/mol. The molecule has 0 unspecified atom stereocenters. The van der Waals surface area contributed by atoms with Crippen molar-refractivity contribution in [3.8, 4) is 0 Å². The Morgan fingerprint density at radius 2 is 1.88 bits per heavy atom. The summed E-state index contributed by atoms with van der Waals surface area (Å²) >= 11 is 0. The van der Waals surface area contributed by atoms with Crippen LogP contribution in [0.4, 0.5) is 14.5 Å². The molecular formula is C24H21F2N5O2S. The van der Waals surface area contributed by atoms with Gasteiger partial charge in [-0.1, -0.05) is 31.2 Å². The largest absolute Gasteiger partial charge is 0.324 e. The van der Waals surface area contributed by atoms with Gasteiger partial charge in [-0.05, 0) is 41.5 Å². The number of nitrogens with zero attached hydrogens (tertiary/aromatic N) is 3. The SMILES string of the molecule is C[C@H](c1ccccc1F)c1c(F)ccc2c1NC(=NCc1ccc3c(cnn3C)c1)NS2(=O)=O. The number of halogens is 2. The number of guanidine groups is 1. The van der Waals surface area contributed by atoms with Crippen molar-refractivity contribution < 1.29 is 17.2 Å². The molecule has 2 heterocycles. The van der Waals surface area contributed by atoms with E-state index in [1.54, 1.807) is 36.0 Å². The van der Waals surface area contributed by atoms with Crippen molar-refractivity contribution in [3.05, 3.63) is 89.1 Å². The van der Waals surface area contributed by atoms with Crippen molar-refractivity contribution >= 4 is 32.6 Å². The van der Waals surface area contributed by atoms with E-state index in [2.05, 4.69) is 20.1 Å². The summed E-state index contributed by atoms with van der Waals surface area (Å²) in [5, 5.41) is 8.07. The van der Waals surface area contributed by atoms with Gasteiger partial charge in [-0.15, -0.1) is 0 Å². The number of anilines is 1. The topological polar surface area (TPSA) is 88.4 Å². The highest BCUT2D eigenvalue weighted by Crippen LogP contribution is 2.38. The zero-order chi connectivity index (χ0) is 24.0. The van der Waals surface area contributed by atoms with Crippen LogP contribution in [0.2, 0.25) is 0 Å². The maximum absolute atomic E-state index is 15.0. The molecule has 5 rings (SSSR count). The highest BCUT2D eigenvalue weighted by atomic mass is 32.2. The maximum atomic E-state index is 15.0.